The number of esters is 1. The molecule has 112 valence electrons. The molecule has 20 heavy (non-hydrogen) atoms. The average molecular weight is 286 g/mol. The molecule has 0 aromatic rings. The SMILES string of the molecule is COC(=O)C1COCCN1C(=O)NCC1(C(=O)O)CC1. The Labute approximate surface area is 116 Å². The summed E-state index contributed by atoms with van der Waals surface area (Å²) in [6.45, 7) is 0.771. The van der Waals surface area contributed by atoms with E-state index in [0.29, 0.717) is 19.4 Å². The maximum absolute atomic E-state index is 12.1. The van der Waals surface area contributed by atoms with E-state index in [1.807, 2.05) is 0 Å². The van der Waals surface area contributed by atoms with Gasteiger partial charge in [0.25, 0.3) is 0 Å². The lowest BCUT2D eigenvalue weighted by atomic mass is 10.1. The van der Waals surface area contributed by atoms with Crippen molar-refractivity contribution in [3.05, 3.63) is 0 Å². The van der Waals surface area contributed by atoms with E-state index in [4.69, 9.17) is 9.84 Å². The first-order chi connectivity index (χ1) is 9.50. The van der Waals surface area contributed by atoms with Gasteiger partial charge >= 0.3 is 18.0 Å². The predicted molar refractivity (Wildman–Crippen MR) is 66.0 cm³/mol. The van der Waals surface area contributed by atoms with Crippen LogP contribution in [-0.4, -0.2) is 67.4 Å². The molecule has 8 heteroatoms. The molecular weight excluding hydrogens is 268 g/mol. The van der Waals surface area contributed by atoms with Crippen LogP contribution in [0.5, 0.6) is 0 Å². The van der Waals surface area contributed by atoms with Gasteiger partial charge in [0.2, 0.25) is 0 Å². The predicted octanol–water partition coefficient (Wildman–Crippen LogP) is -0.565. The molecule has 0 spiro atoms. The molecule has 2 aliphatic rings. The number of nitrogens with one attached hydrogen (secondary N) is 1. The standard InChI is InChI=1S/C12H18N2O6/c1-19-9(15)8-6-20-5-4-14(8)11(18)13-7-12(2-3-12)10(16)17/h8H,2-7H2,1H3,(H,13,18)(H,16,17). The number of morpholine rings is 1. The van der Waals surface area contributed by atoms with Gasteiger partial charge in [-0.2, -0.15) is 0 Å². The van der Waals surface area contributed by atoms with Gasteiger partial charge in [-0.1, -0.05) is 0 Å². The topological polar surface area (TPSA) is 105 Å². The zero-order chi connectivity index (χ0) is 14.8. The molecule has 2 rings (SSSR count). The zero-order valence-corrected chi connectivity index (χ0v) is 11.3. The van der Waals surface area contributed by atoms with E-state index >= 15 is 0 Å². The first-order valence-electron chi connectivity index (χ1n) is 6.43. The van der Waals surface area contributed by atoms with Gasteiger partial charge in [-0.15, -0.1) is 0 Å². The fourth-order valence-corrected chi connectivity index (χ4v) is 2.14. The van der Waals surface area contributed by atoms with Crippen molar-refractivity contribution < 1.29 is 29.0 Å². The zero-order valence-electron chi connectivity index (χ0n) is 11.3. The van der Waals surface area contributed by atoms with Crippen molar-refractivity contribution in [2.75, 3.05) is 33.4 Å². The third kappa shape index (κ3) is 2.84. The molecule has 1 heterocycles. The maximum atomic E-state index is 12.1. The van der Waals surface area contributed by atoms with Crippen LogP contribution < -0.4 is 5.32 Å². The number of ether oxygens (including phenoxy) is 2. The first-order valence-corrected chi connectivity index (χ1v) is 6.43. The van der Waals surface area contributed by atoms with Crippen molar-refractivity contribution in [1.82, 2.24) is 10.2 Å². The minimum Gasteiger partial charge on any atom is -0.481 e. The van der Waals surface area contributed by atoms with E-state index in [1.165, 1.54) is 12.0 Å². The number of carboxylic acids is 1. The molecule has 1 saturated heterocycles. The molecular formula is C12H18N2O6. The van der Waals surface area contributed by atoms with Gasteiger partial charge < -0.3 is 24.8 Å². The number of carbonyl (C=O) groups is 3. The van der Waals surface area contributed by atoms with Crippen LogP contribution in [0.25, 0.3) is 0 Å². The summed E-state index contributed by atoms with van der Waals surface area (Å²) in [5.41, 5.74) is -0.831. The summed E-state index contributed by atoms with van der Waals surface area (Å²) in [5.74, 6) is -1.44. The Morgan fingerprint density at radius 3 is 2.70 bits per heavy atom. The van der Waals surface area contributed by atoms with Crippen LogP contribution in [0.3, 0.4) is 0 Å². The number of nitrogens with zero attached hydrogens (tertiary/aromatic N) is 1. The van der Waals surface area contributed by atoms with E-state index in [-0.39, 0.29) is 19.7 Å². The number of urea groups is 1. The number of methoxy groups -OCH3 is 1. The highest BCUT2D eigenvalue weighted by Gasteiger charge is 2.50. The van der Waals surface area contributed by atoms with Crippen molar-refractivity contribution in [3.8, 4) is 0 Å². The lowest BCUT2D eigenvalue weighted by molar-refractivity contribution is -0.151. The van der Waals surface area contributed by atoms with Crippen molar-refractivity contribution in [1.29, 1.82) is 0 Å². The summed E-state index contributed by atoms with van der Waals surface area (Å²) < 4.78 is 9.80. The number of hydrogen-bond donors (Lipinski definition) is 2. The summed E-state index contributed by atoms with van der Waals surface area (Å²) in [7, 11) is 1.25. The number of rotatable bonds is 4. The van der Waals surface area contributed by atoms with Crippen LogP contribution in [0.1, 0.15) is 12.8 Å². The number of carboxylic acid groups (broad SMARTS) is 1. The van der Waals surface area contributed by atoms with E-state index in [9.17, 15) is 14.4 Å². The maximum Gasteiger partial charge on any atom is 0.331 e. The van der Waals surface area contributed by atoms with Gasteiger partial charge in [0, 0.05) is 13.1 Å². The molecule has 0 aromatic carbocycles. The van der Waals surface area contributed by atoms with Crippen molar-refractivity contribution >= 4 is 18.0 Å². The molecule has 2 fully saturated rings. The lowest BCUT2D eigenvalue weighted by Crippen LogP contribution is -2.56. The molecule has 1 aliphatic carbocycles. The Bertz CT molecular complexity index is 420. The Kier molecular flexibility index (Phi) is 4.12. The van der Waals surface area contributed by atoms with Gasteiger partial charge in [0.1, 0.15) is 0 Å². The molecule has 0 bridgehead atoms. The van der Waals surface area contributed by atoms with Gasteiger partial charge in [-0.3, -0.25) is 4.79 Å². The Hall–Kier alpha value is -1.83. The number of aliphatic carboxylic acids is 1. The van der Waals surface area contributed by atoms with E-state index in [1.54, 1.807) is 0 Å². The summed E-state index contributed by atoms with van der Waals surface area (Å²) in [6.07, 6.45) is 1.12. The molecule has 0 aromatic heterocycles. The van der Waals surface area contributed by atoms with Crippen molar-refractivity contribution in [2.24, 2.45) is 5.41 Å². The highest BCUT2D eigenvalue weighted by atomic mass is 16.5. The first kappa shape index (κ1) is 14.6. The smallest absolute Gasteiger partial charge is 0.331 e. The fourth-order valence-electron chi connectivity index (χ4n) is 2.14. The van der Waals surface area contributed by atoms with Crippen LogP contribution >= 0.6 is 0 Å². The van der Waals surface area contributed by atoms with Crippen LogP contribution in [0.15, 0.2) is 0 Å². The highest BCUT2D eigenvalue weighted by molar-refractivity contribution is 5.85. The second kappa shape index (κ2) is 5.66. The van der Waals surface area contributed by atoms with Crippen molar-refractivity contribution in [3.63, 3.8) is 0 Å². The van der Waals surface area contributed by atoms with Gasteiger partial charge in [0.15, 0.2) is 6.04 Å². The summed E-state index contributed by atoms with van der Waals surface area (Å²) in [5, 5.41) is 11.6. The molecule has 1 unspecified atom stereocenters. The number of hydrogen-bond acceptors (Lipinski definition) is 5. The van der Waals surface area contributed by atoms with Gasteiger partial charge in [0.05, 0.1) is 25.7 Å². The molecule has 1 atom stereocenters. The monoisotopic (exact) mass is 286 g/mol. The van der Waals surface area contributed by atoms with Crippen molar-refractivity contribution in [2.45, 2.75) is 18.9 Å². The summed E-state index contributed by atoms with van der Waals surface area (Å²) in [4.78, 5) is 36.0. The fraction of sp³-hybridized carbons (Fsp3) is 0.750. The Balaban J connectivity index is 1.93. The van der Waals surface area contributed by atoms with Crippen LogP contribution in [0.4, 0.5) is 4.79 Å². The molecule has 2 amide bonds. The minimum atomic E-state index is -0.899. The second-order valence-corrected chi connectivity index (χ2v) is 5.05. The number of carbonyl (C=O) groups excluding carboxylic acids is 2. The van der Waals surface area contributed by atoms with Gasteiger partial charge in [-0.25, -0.2) is 9.59 Å². The average Bonchev–Trinajstić information content (AvgIpc) is 3.25. The Morgan fingerprint density at radius 1 is 1.45 bits per heavy atom. The number of amides is 2. The Morgan fingerprint density at radius 2 is 2.15 bits per heavy atom. The molecule has 8 nitrogen and oxygen atoms in total. The summed E-state index contributed by atoms with van der Waals surface area (Å²) >= 11 is 0. The molecule has 1 saturated carbocycles. The molecule has 1 aliphatic heterocycles. The van der Waals surface area contributed by atoms with E-state index in [0.717, 1.165) is 0 Å². The minimum absolute atomic E-state index is 0.0758. The largest absolute Gasteiger partial charge is 0.481 e. The lowest BCUT2D eigenvalue weighted by Gasteiger charge is -2.33. The normalized spacial score (nSPS) is 23.9. The van der Waals surface area contributed by atoms with E-state index in [2.05, 4.69) is 10.1 Å². The molecule has 2 N–H and O–H groups in total. The third-order valence-corrected chi connectivity index (χ3v) is 3.75. The van der Waals surface area contributed by atoms with Gasteiger partial charge in [-0.05, 0) is 12.8 Å². The third-order valence-electron chi connectivity index (χ3n) is 3.75. The molecule has 0 radical (unpaired) electrons. The quantitative estimate of drug-likeness (QED) is 0.671. The second-order valence-electron chi connectivity index (χ2n) is 5.05. The van der Waals surface area contributed by atoms with E-state index < -0.39 is 29.4 Å². The van der Waals surface area contributed by atoms with Crippen LogP contribution in [0, 0.1) is 5.41 Å². The van der Waals surface area contributed by atoms with Crippen LogP contribution in [-0.2, 0) is 19.1 Å². The summed E-state index contributed by atoms with van der Waals surface area (Å²) in [6, 6.07) is -1.25. The highest BCUT2D eigenvalue weighted by Crippen LogP contribution is 2.45. The van der Waals surface area contributed by atoms with Crippen LogP contribution in [0.2, 0.25) is 0 Å².